The molecule has 0 bridgehead atoms. The van der Waals surface area contributed by atoms with Gasteiger partial charge in [-0.2, -0.15) is 11.8 Å². The number of pyridine rings is 1. The van der Waals surface area contributed by atoms with Crippen LogP contribution in [-0.4, -0.2) is 26.1 Å². The third-order valence-electron chi connectivity index (χ3n) is 3.17. The summed E-state index contributed by atoms with van der Waals surface area (Å²) in [6, 6.07) is 6.19. The van der Waals surface area contributed by atoms with Crippen molar-refractivity contribution in [2.45, 2.75) is 25.7 Å². The first-order valence-electron chi connectivity index (χ1n) is 5.74. The number of nitrogens with zero attached hydrogens (tertiary/aromatic N) is 3. The van der Waals surface area contributed by atoms with Crippen molar-refractivity contribution in [3.63, 3.8) is 0 Å². The van der Waals surface area contributed by atoms with Gasteiger partial charge in [0, 0.05) is 17.4 Å². The maximum atomic E-state index is 4.38. The monoisotopic (exact) mass is 233 g/mol. The van der Waals surface area contributed by atoms with E-state index in [0.717, 1.165) is 11.5 Å². The standard InChI is InChI=1S/C12H15N3S/c1-9-4-2-6-11-13-14-12(15(9)11)10-5-3-7-16-8-10/h2,4,6,10H,3,5,7-8H2,1H3. The predicted molar refractivity (Wildman–Crippen MR) is 67.0 cm³/mol. The van der Waals surface area contributed by atoms with Crippen LogP contribution in [-0.2, 0) is 0 Å². The Balaban J connectivity index is 2.09. The van der Waals surface area contributed by atoms with E-state index in [1.807, 2.05) is 23.9 Å². The molecule has 0 spiro atoms. The Hall–Kier alpha value is -1.03. The van der Waals surface area contributed by atoms with Gasteiger partial charge in [-0.15, -0.1) is 10.2 Å². The quantitative estimate of drug-likeness (QED) is 0.758. The van der Waals surface area contributed by atoms with Crippen LogP contribution in [0.4, 0.5) is 0 Å². The summed E-state index contributed by atoms with van der Waals surface area (Å²) in [5, 5.41) is 8.64. The predicted octanol–water partition coefficient (Wildman–Crippen LogP) is 2.65. The molecule has 0 aliphatic carbocycles. The molecular weight excluding hydrogens is 218 g/mol. The lowest BCUT2D eigenvalue weighted by Crippen LogP contribution is -2.12. The molecule has 0 N–H and O–H groups in total. The van der Waals surface area contributed by atoms with Gasteiger partial charge in [-0.1, -0.05) is 6.07 Å². The molecule has 84 valence electrons. The minimum absolute atomic E-state index is 0.579. The summed E-state index contributed by atoms with van der Waals surface area (Å²) in [7, 11) is 0. The van der Waals surface area contributed by atoms with Crippen molar-refractivity contribution >= 4 is 17.4 Å². The Labute approximate surface area is 99.3 Å². The highest BCUT2D eigenvalue weighted by Crippen LogP contribution is 2.30. The smallest absolute Gasteiger partial charge is 0.160 e. The summed E-state index contributed by atoms with van der Waals surface area (Å²) in [4.78, 5) is 0. The second-order valence-electron chi connectivity index (χ2n) is 4.33. The minimum Gasteiger partial charge on any atom is -0.283 e. The molecule has 1 atom stereocenters. The summed E-state index contributed by atoms with van der Waals surface area (Å²) < 4.78 is 2.20. The largest absolute Gasteiger partial charge is 0.283 e. The summed E-state index contributed by atoms with van der Waals surface area (Å²) in [5.41, 5.74) is 2.21. The molecule has 0 amide bonds. The van der Waals surface area contributed by atoms with Crippen LogP contribution in [0.5, 0.6) is 0 Å². The number of rotatable bonds is 1. The molecule has 1 aliphatic rings. The first kappa shape index (κ1) is 10.1. The van der Waals surface area contributed by atoms with Crippen LogP contribution < -0.4 is 0 Å². The van der Waals surface area contributed by atoms with E-state index in [9.17, 15) is 0 Å². The average molecular weight is 233 g/mol. The maximum Gasteiger partial charge on any atom is 0.160 e. The minimum atomic E-state index is 0.579. The van der Waals surface area contributed by atoms with E-state index < -0.39 is 0 Å². The lowest BCUT2D eigenvalue weighted by Gasteiger charge is -2.20. The Morgan fingerprint density at radius 3 is 3.12 bits per heavy atom. The van der Waals surface area contributed by atoms with Crippen LogP contribution in [0.15, 0.2) is 18.2 Å². The second-order valence-corrected chi connectivity index (χ2v) is 5.48. The average Bonchev–Trinajstić information content (AvgIpc) is 2.75. The lowest BCUT2D eigenvalue weighted by atomic mass is 10.0. The molecular formula is C12H15N3S. The van der Waals surface area contributed by atoms with Crippen LogP contribution >= 0.6 is 11.8 Å². The van der Waals surface area contributed by atoms with Gasteiger partial charge in [-0.25, -0.2) is 0 Å². The zero-order valence-corrected chi connectivity index (χ0v) is 10.2. The third kappa shape index (κ3) is 1.61. The van der Waals surface area contributed by atoms with Gasteiger partial charge in [0.1, 0.15) is 5.82 Å². The molecule has 0 aromatic carbocycles. The summed E-state index contributed by atoms with van der Waals surface area (Å²) in [5.74, 6) is 4.22. The van der Waals surface area contributed by atoms with E-state index >= 15 is 0 Å². The van der Waals surface area contributed by atoms with Crippen LogP contribution in [0.3, 0.4) is 0 Å². The van der Waals surface area contributed by atoms with Gasteiger partial charge in [-0.05, 0) is 37.7 Å². The van der Waals surface area contributed by atoms with Crippen LogP contribution in [0.2, 0.25) is 0 Å². The molecule has 1 aliphatic heterocycles. The summed E-state index contributed by atoms with van der Waals surface area (Å²) in [6.45, 7) is 2.12. The first-order valence-corrected chi connectivity index (χ1v) is 6.90. The molecule has 3 nitrogen and oxygen atoms in total. The Morgan fingerprint density at radius 1 is 1.38 bits per heavy atom. The summed E-state index contributed by atoms with van der Waals surface area (Å²) in [6.07, 6.45) is 2.55. The number of aryl methyl sites for hydroxylation is 1. The van der Waals surface area contributed by atoms with Gasteiger partial charge in [0.25, 0.3) is 0 Å². The van der Waals surface area contributed by atoms with Crippen molar-refractivity contribution < 1.29 is 0 Å². The molecule has 1 saturated heterocycles. The maximum absolute atomic E-state index is 4.38. The SMILES string of the molecule is Cc1cccc2nnc(C3CCCSC3)n12. The highest BCUT2D eigenvalue weighted by atomic mass is 32.2. The van der Waals surface area contributed by atoms with Crippen molar-refractivity contribution in [2.24, 2.45) is 0 Å². The fraction of sp³-hybridized carbons (Fsp3) is 0.500. The molecule has 0 radical (unpaired) electrons. The number of aromatic nitrogens is 3. The van der Waals surface area contributed by atoms with Gasteiger partial charge in [0.05, 0.1) is 0 Å². The zero-order chi connectivity index (χ0) is 11.0. The van der Waals surface area contributed by atoms with Crippen LogP contribution in [0.1, 0.15) is 30.3 Å². The van der Waals surface area contributed by atoms with Crippen molar-refractivity contribution in [2.75, 3.05) is 11.5 Å². The number of hydrogen-bond donors (Lipinski definition) is 0. The van der Waals surface area contributed by atoms with E-state index in [4.69, 9.17) is 0 Å². The van der Waals surface area contributed by atoms with Gasteiger partial charge >= 0.3 is 0 Å². The lowest BCUT2D eigenvalue weighted by molar-refractivity contribution is 0.614. The third-order valence-corrected chi connectivity index (χ3v) is 4.39. The molecule has 1 unspecified atom stereocenters. The van der Waals surface area contributed by atoms with Gasteiger partial charge in [0.15, 0.2) is 5.65 Å². The van der Waals surface area contributed by atoms with Crippen molar-refractivity contribution in [1.82, 2.24) is 14.6 Å². The fourth-order valence-corrected chi connectivity index (χ4v) is 3.47. The Morgan fingerprint density at radius 2 is 2.31 bits per heavy atom. The molecule has 0 saturated carbocycles. The van der Waals surface area contributed by atoms with Crippen LogP contribution in [0, 0.1) is 6.92 Å². The van der Waals surface area contributed by atoms with Crippen molar-refractivity contribution in [3.05, 3.63) is 29.7 Å². The Bertz CT molecular complexity index is 500. The highest BCUT2D eigenvalue weighted by molar-refractivity contribution is 7.99. The molecule has 16 heavy (non-hydrogen) atoms. The number of thioether (sulfide) groups is 1. The molecule has 2 aromatic rings. The van der Waals surface area contributed by atoms with E-state index in [2.05, 4.69) is 27.6 Å². The molecule has 1 fully saturated rings. The van der Waals surface area contributed by atoms with Gasteiger partial charge in [0.2, 0.25) is 0 Å². The van der Waals surface area contributed by atoms with Crippen molar-refractivity contribution in [3.8, 4) is 0 Å². The molecule has 3 heterocycles. The number of hydrogen-bond acceptors (Lipinski definition) is 3. The fourth-order valence-electron chi connectivity index (χ4n) is 2.34. The van der Waals surface area contributed by atoms with E-state index in [1.54, 1.807) is 0 Å². The van der Waals surface area contributed by atoms with Crippen molar-refractivity contribution in [1.29, 1.82) is 0 Å². The molecule has 4 heteroatoms. The Kier molecular flexibility index (Phi) is 2.59. The molecule has 3 rings (SSSR count). The van der Waals surface area contributed by atoms with E-state index in [-0.39, 0.29) is 0 Å². The normalized spacial score (nSPS) is 21.4. The van der Waals surface area contributed by atoms with Gasteiger partial charge in [-0.3, -0.25) is 4.40 Å². The topological polar surface area (TPSA) is 30.2 Å². The van der Waals surface area contributed by atoms with Gasteiger partial charge < -0.3 is 0 Å². The van der Waals surface area contributed by atoms with E-state index in [0.29, 0.717) is 5.92 Å². The van der Waals surface area contributed by atoms with Crippen LogP contribution in [0.25, 0.3) is 5.65 Å². The zero-order valence-electron chi connectivity index (χ0n) is 9.39. The highest BCUT2D eigenvalue weighted by Gasteiger charge is 2.21. The molecule has 2 aromatic heterocycles. The number of fused-ring (bicyclic) bond motifs is 1. The summed E-state index contributed by atoms with van der Waals surface area (Å²) >= 11 is 2.03. The first-order chi connectivity index (χ1) is 7.86. The second kappa shape index (κ2) is 4.09. The van der Waals surface area contributed by atoms with E-state index in [1.165, 1.54) is 30.0 Å².